The normalized spacial score (nSPS) is 11.2. The average Bonchev–Trinajstić information content (AvgIpc) is 2.94. The molecule has 0 fully saturated rings. The molecule has 6 nitrogen and oxygen atoms in total. The Kier molecular flexibility index (Phi) is 3.78. The lowest BCUT2D eigenvalue weighted by molar-refractivity contribution is 0.463. The van der Waals surface area contributed by atoms with Gasteiger partial charge in [0.15, 0.2) is 0 Å². The largest absolute Gasteiger partial charge is 0.444 e. The van der Waals surface area contributed by atoms with Crippen molar-refractivity contribution in [2.24, 2.45) is 0 Å². The quantitative estimate of drug-likeness (QED) is 0.866. The van der Waals surface area contributed by atoms with E-state index in [1.165, 1.54) is 0 Å². The van der Waals surface area contributed by atoms with Gasteiger partial charge in [0, 0.05) is 12.5 Å². The molecule has 19 heavy (non-hydrogen) atoms. The molecule has 6 heteroatoms. The molecule has 0 amide bonds. The van der Waals surface area contributed by atoms with Crippen LogP contribution in [0, 0.1) is 6.92 Å². The molecule has 2 aromatic rings. The zero-order valence-corrected chi connectivity index (χ0v) is 11.9. The van der Waals surface area contributed by atoms with Crippen molar-refractivity contribution in [3.8, 4) is 0 Å². The molecular formula is C13H21N5O. The van der Waals surface area contributed by atoms with Gasteiger partial charge >= 0.3 is 0 Å². The number of anilines is 2. The zero-order valence-electron chi connectivity index (χ0n) is 11.9. The highest BCUT2D eigenvalue weighted by atomic mass is 16.4. The van der Waals surface area contributed by atoms with Crippen molar-refractivity contribution in [3.63, 3.8) is 0 Å². The first kappa shape index (κ1) is 13.5. The Balaban J connectivity index is 2.14. The molecular weight excluding hydrogens is 242 g/mol. The number of hydrogen-bond acceptors (Lipinski definition) is 5. The van der Waals surface area contributed by atoms with E-state index in [4.69, 9.17) is 10.2 Å². The number of aryl methyl sites for hydroxylation is 2. The second-order valence-corrected chi connectivity index (χ2v) is 4.81. The summed E-state index contributed by atoms with van der Waals surface area (Å²) in [6.45, 7) is 8.57. The van der Waals surface area contributed by atoms with Crippen LogP contribution in [0.2, 0.25) is 0 Å². The zero-order chi connectivity index (χ0) is 14.0. The highest BCUT2D eigenvalue weighted by molar-refractivity contribution is 5.64. The van der Waals surface area contributed by atoms with Crippen molar-refractivity contribution in [2.75, 3.05) is 11.1 Å². The Morgan fingerprint density at radius 1 is 1.47 bits per heavy atom. The molecule has 0 unspecified atom stereocenters. The molecule has 0 atom stereocenters. The number of nitrogens with one attached hydrogen (secondary N) is 1. The Bertz CT molecular complexity index is 555. The Hall–Kier alpha value is -1.98. The van der Waals surface area contributed by atoms with Gasteiger partial charge in [-0.25, -0.2) is 9.67 Å². The van der Waals surface area contributed by atoms with Gasteiger partial charge in [-0.05, 0) is 20.8 Å². The summed E-state index contributed by atoms with van der Waals surface area (Å²) in [5, 5.41) is 7.68. The highest BCUT2D eigenvalue weighted by Gasteiger charge is 2.15. The third-order valence-corrected chi connectivity index (χ3v) is 2.98. The fraction of sp³-hybridized carbons (Fsp3) is 0.538. The third-order valence-electron chi connectivity index (χ3n) is 2.98. The minimum atomic E-state index is 0.245. The topological polar surface area (TPSA) is 81.9 Å². The second-order valence-electron chi connectivity index (χ2n) is 4.81. The summed E-state index contributed by atoms with van der Waals surface area (Å²) in [7, 11) is 0. The number of nitrogen functional groups attached to an aromatic ring is 1. The van der Waals surface area contributed by atoms with Crippen molar-refractivity contribution >= 4 is 11.5 Å². The Morgan fingerprint density at radius 2 is 2.21 bits per heavy atom. The summed E-state index contributed by atoms with van der Waals surface area (Å²) in [6.07, 6.45) is 2.60. The first-order valence-electron chi connectivity index (χ1n) is 6.55. The SMILES string of the molecule is CCc1cnc(CNc2c(N)c(C)nn2C(C)C)o1. The van der Waals surface area contributed by atoms with Gasteiger partial charge in [-0.2, -0.15) is 5.10 Å². The number of nitrogens with zero attached hydrogens (tertiary/aromatic N) is 3. The van der Waals surface area contributed by atoms with Gasteiger partial charge in [-0.15, -0.1) is 0 Å². The van der Waals surface area contributed by atoms with E-state index in [9.17, 15) is 0 Å². The minimum absolute atomic E-state index is 0.245. The molecule has 0 aliphatic rings. The summed E-state index contributed by atoms with van der Waals surface area (Å²) in [4.78, 5) is 4.21. The lowest BCUT2D eigenvalue weighted by Gasteiger charge is -2.12. The maximum absolute atomic E-state index is 6.04. The molecule has 2 heterocycles. The molecule has 0 radical (unpaired) electrons. The molecule has 0 aliphatic heterocycles. The van der Waals surface area contributed by atoms with Crippen LogP contribution in [-0.4, -0.2) is 14.8 Å². The first-order valence-corrected chi connectivity index (χ1v) is 6.55. The smallest absolute Gasteiger partial charge is 0.213 e. The van der Waals surface area contributed by atoms with E-state index in [-0.39, 0.29) is 6.04 Å². The van der Waals surface area contributed by atoms with Crippen LogP contribution in [-0.2, 0) is 13.0 Å². The lowest BCUT2D eigenvalue weighted by atomic mass is 10.3. The molecule has 0 aliphatic carbocycles. The lowest BCUT2D eigenvalue weighted by Crippen LogP contribution is -2.11. The third kappa shape index (κ3) is 2.72. The van der Waals surface area contributed by atoms with Crippen LogP contribution in [0.1, 0.15) is 44.2 Å². The van der Waals surface area contributed by atoms with Gasteiger partial charge < -0.3 is 15.5 Å². The molecule has 104 valence electrons. The fourth-order valence-corrected chi connectivity index (χ4v) is 1.86. The standard InChI is InChI=1S/C13H21N5O/c1-5-10-6-15-11(19-10)7-16-13-12(14)9(4)17-18(13)8(2)3/h6,8,16H,5,7,14H2,1-4H3. The molecule has 0 aromatic carbocycles. The van der Waals surface area contributed by atoms with E-state index in [0.29, 0.717) is 18.1 Å². The van der Waals surface area contributed by atoms with Crippen LogP contribution in [0.5, 0.6) is 0 Å². The highest BCUT2D eigenvalue weighted by Crippen LogP contribution is 2.25. The van der Waals surface area contributed by atoms with Gasteiger partial charge in [0.1, 0.15) is 11.6 Å². The van der Waals surface area contributed by atoms with Crippen LogP contribution >= 0.6 is 0 Å². The second kappa shape index (κ2) is 5.34. The van der Waals surface area contributed by atoms with E-state index in [0.717, 1.165) is 23.7 Å². The summed E-state index contributed by atoms with van der Waals surface area (Å²) in [5.41, 5.74) is 7.55. The number of hydrogen-bond donors (Lipinski definition) is 2. The Morgan fingerprint density at radius 3 is 2.79 bits per heavy atom. The van der Waals surface area contributed by atoms with E-state index < -0.39 is 0 Å². The maximum atomic E-state index is 6.04. The van der Waals surface area contributed by atoms with Crippen LogP contribution < -0.4 is 11.1 Å². The number of aromatic nitrogens is 3. The fourth-order valence-electron chi connectivity index (χ4n) is 1.86. The molecule has 0 bridgehead atoms. The van der Waals surface area contributed by atoms with Crippen molar-refractivity contribution in [3.05, 3.63) is 23.5 Å². The van der Waals surface area contributed by atoms with Crippen LogP contribution in [0.3, 0.4) is 0 Å². The van der Waals surface area contributed by atoms with E-state index in [1.54, 1.807) is 6.20 Å². The molecule has 0 spiro atoms. The monoisotopic (exact) mass is 263 g/mol. The Labute approximate surface area is 113 Å². The van der Waals surface area contributed by atoms with E-state index in [2.05, 4.69) is 29.2 Å². The van der Waals surface area contributed by atoms with Gasteiger partial charge in [-0.1, -0.05) is 6.92 Å². The molecule has 2 rings (SSSR count). The molecule has 2 aromatic heterocycles. The van der Waals surface area contributed by atoms with Gasteiger partial charge in [0.2, 0.25) is 5.89 Å². The van der Waals surface area contributed by atoms with Crippen LogP contribution in [0.15, 0.2) is 10.6 Å². The average molecular weight is 263 g/mol. The van der Waals surface area contributed by atoms with Crippen LogP contribution in [0.4, 0.5) is 11.5 Å². The van der Waals surface area contributed by atoms with E-state index in [1.807, 2.05) is 18.5 Å². The van der Waals surface area contributed by atoms with Crippen molar-refractivity contribution in [2.45, 2.75) is 46.7 Å². The van der Waals surface area contributed by atoms with Gasteiger partial charge in [0.25, 0.3) is 0 Å². The number of oxazole rings is 1. The van der Waals surface area contributed by atoms with Gasteiger partial charge in [-0.3, -0.25) is 0 Å². The summed E-state index contributed by atoms with van der Waals surface area (Å²) in [6, 6.07) is 0.245. The van der Waals surface area contributed by atoms with E-state index >= 15 is 0 Å². The van der Waals surface area contributed by atoms with Gasteiger partial charge in [0.05, 0.1) is 24.1 Å². The summed E-state index contributed by atoms with van der Waals surface area (Å²) < 4.78 is 7.44. The first-order chi connectivity index (χ1) is 9.02. The summed E-state index contributed by atoms with van der Waals surface area (Å²) in [5.74, 6) is 2.37. The minimum Gasteiger partial charge on any atom is -0.444 e. The van der Waals surface area contributed by atoms with Crippen molar-refractivity contribution in [1.82, 2.24) is 14.8 Å². The molecule has 0 saturated heterocycles. The van der Waals surface area contributed by atoms with Crippen LogP contribution in [0.25, 0.3) is 0 Å². The van der Waals surface area contributed by atoms with Crippen molar-refractivity contribution < 1.29 is 4.42 Å². The summed E-state index contributed by atoms with van der Waals surface area (Å²) >= 11 is 0. The number of nitrogens with two attached hydrogens (primary N) is 1. The molecule has 0 saturated carbocycles. The predicted octanol–water partition coefficient (Wildman–Crippen LogP) is 2.52. The van der Waals surface area contributed by atoms with Crippen molar-refractivity contribution in [1.29, 1.82) is 0 Å². The number of rotatable bonds is 5. The predicted molar refractivity (Wildman–Crippen MR) is 75.0 cm³/mol. The maximum Gasteiger partial charge on any atom is 0.213 e. The molecule has 3 N–H and O–H groups in total.